The van der Waals surface area contributed by atoms with Gasteiger partial charge in [-0.2, -0.15) is 0 Å². The number of anilines is 1. The van der Waals surface area contributed by atoms with Gasteiger partial charge in [0.05, 0.1) is 11.5 Å². The largest absolute Gasteiger partial charge is 0.324 e. The molecule has 0 amide bonds. The van der Waals surface area contributed by atoms with Gasteiger partial charge in [-0.05, 0) is 45.0 Å². The number of para-hydroxylation sites is 1. The molecule has 2 heterocycles. The minimum absolute atomic E-state index is 0.0511. The Labute approximate surface area is 292 Å². The number of nitrogens with one attached hydrogen (secondary N) is 1. The lowest BCUT2D eigenvalue weighted by Crippen LogP contribution is -2.50. The van der Waals surface area contributed by atoms with Crippen LogP contribution >= 0.6 is 0 Å². The number of nitrogens with zero attached hydrogens (tertiary/aromatic N) is 3. The first-order chi connectivity index (χ1) is 24.8. The van der Waals surface area contributed by atoms with Crippen molar-refractivity contribution in [3.05, 3.63) is 227 Å². The highest BCUT2D eigenvalue weighted by Crippen LogP contribution is 2.62. The molecule has 0 fully saturated rings. The molecule has 0 saturated heterocycles. The topological polar surface area (TPSA) is 40.0 Å². The fourth-order valence-corrected chi connectivity index (χ4v) is 8.80. The molecule has 238 valence electrons. The number of hydrogen-bond donors (Lipinski definition) is 1. The summed E-state index contributed by atoms with van der Waals surface area (Å²) < 4.78 is 0. The highest BCUT2D eigenvalue weighted by molar-refractivity contribution is 6.16. The maximum atomic E-state index is 5.45. The van der Waals surface area contributed by atoms with Gasteiger partial charge >= 0.3 is 0 Å². The molecule has 2 aliphatic carbocycles. The molecule has 2 unspecified atom stereocenters. The van der Waals surface area contributed by atoms with Gasteiger partial charge < -0.3 is 10.2 Å². The molecular formula is C46H34N4. The van der Waals surface area contributed by atoms with E-state index in [9.17, 15) is 0 Å². The lowest BCUT2D eigenvalue weighted by atomic mass is 9.63. The van der Waals surface area contributed by atoms with Gasteiger partial charge in [-0.1, -0.05) is 176 Å². The van der Waals surface area contributed by atoms with Crippen LogP contribution in [0.25, 0.3) is 5.57 Å². The fourth-order valence-electron chi connectivity index (χ4n) is 8.80. The van der Waals surface area contributed by atoms with E-state index in [1.807, 2.05) is 12.1 Å². The molecule has 0 saturated carbocycles. The lowest BCUT2D eigenvalue weighted by molar-refractivity contribution is 0.523. The Morgan fingerprint density at radius 2 is 1.06 bits per heavy atom. The molecule has 2 atom stereocenters. The van der Waals surface area contributed by atoms with Crippen molar-refractivity contribution < 1.29 is 0 Å². The second-order valence-corrected chi connectivity index (χ2v) is 13.3. The summed E-state index contributed by atoms with van der Waals surface area (Å²) in [7, 11) is 0. The zero-order valence-electron chi connectivity index (χ0n) is 27.4. The Kier molecular flexibility index (Phi) is 6.56. The van der Waals surface area contributed by atoms with E-state index >= 15 is 0 Å². The monoisotopic (exact) mass is 642 g/mol. The van der Waals surface area contributed by atoms with Crippen molar-refractivity contribution >= 4 is 22.9 Å². The Balaban J connectivity index is 1.25. The van der Waals surface area contributed by atoms with Crippen molar-refractivity contribution in [3.8, 4) is 0 Å². The standard InChI is InChI=1S/C46H34N4/c1-5-17-31(18-6-1)43-47-44(32-19-7-2-8-20-32)49-45(48-43)50-40-28-16-14-26-36(40)38-30-29-37-35-25-13-15-27-39(35)46(41(37)42(38)50,33-21-9-3-10-22-33)34-23-11-4-12-24-34/h1-30,38,42,45H,(H,47,48,49). The molecule has 2 aliphatic heterocycles. The summed E-state index contributed by atoms with van der Waals surface area (Å²) in [6.07, 6.45) is 4.31. The molecule has 4 aliphatic rings. The summed E-state index contributed by atoms with van der Waals surface area (Å²) in [5.41, 5.74) is 11.8. The van der Waals surface area contributed by atoms with Crippen molar-refractivity contribution in [1.82, 2.24) is 5.32 Å². The molecule has 4 nitrogen and oxygen atoms in total. The predicted molar refractivity (Wildman–Crippen MR) is 204 cm³/mol. The summed E-state index contributed by atoms with van der Waals surface area (Å²) in [4.78, 5) is 13.4. The van der Waals surface area contributed by atoms with E-state index in [2.05, 4.69) is 180 Å². The van der Waals surface area contributed by atoms with Gasteiger partial charge in [0, 0.05) is 22.7 Å². The SMILES string of the molecule is C1=CC2c3ccccc3N(C3N=C(c4ccccc4)NC(c4ccccc4)=N3)C2C2=C1c1ccccc1C2(c1ccccc1)c1ccccc1. The summed E-state index contributed by atoms with van der Waals surface area (Å²) in [6, 6.07) is 60.8. The van der Waals surface area contributed by atoms with Gasteiger partial charge in [-0.25, -0.2) is 9.98 Å². The molecule has 6 aromatic rings. The molecule has 0 spiro atoms. The van der Waals surface area contributed by atoms with Crippen molar-refractivity contribution in [2.75, 3.05) is 4.90 Å². The van der Waals surface area contributed by atoms with Gasteiger partial charge in [-0.3, -0.25) is 0 Å². The lowest BCUT2D eigenvalue weighted by Gasteiger charge is -2.44. The van der Waals surface area contributed by atoms with Gasteiger partial charge in [0.15, 0.2) is 0 Å². The van der Waals surface area contributed by atoms with Gasteiger partial charge in [0.1, 0.15) is 11.7 Å². The fraction of sp³-hybridized carbons (Fsp3) is 0.0870. The van der Waals surface area contributed by atoms with Crippen LogP contribution in [0.2, 0.25) is 0 Å². The third kappa shape index (κ3) is 4.18. The zero-order chi connectivity index (χ0) is 33.1. The van der Waals surface area contributed by atoms with Gasteiger partial charge in [0.25, 0.3) is 0 Å². The van der Waals surface area contributed by atoms with Crippen LogP contribution in [0.15, 0.2) is 198 Å². The number of amidine groups is 2. The first-order valence-corrected chi connectivity index (χ1v) is 17.4. The zero-order valence-corrected chi connectivity index (χ0v) is 27.4. The second-order valence-electron chi connectivity index (χ2n) is 13.3. The third-order valence-electron chi connectivity index (χ3n) is 10.8. The molecular weight excluding hydrogens is 609 g/mol. The number of benzene rings is 6. The Morgan fingerprint density at radius 3 is 1.68 bits per heavy atom. The summed E-state index contributed by atoms with van der Waals surface area (Å²) in [5.74, 6) is 1.75. The van der Waals surface area contributed by atoms with E-state index in [1.54, 1.807) is 0 Å². The van der Waals surface area contributed by atoms with E-state index in [4.69, 9.17) is 9.98 Å². The number of hydrogen-bond acceptors (Lipinski definition) is 4. The maximum Gasteiger partial charge on any atom is 0.221 e. The summed E-state index contributed by atoms with van der Waals surface area (Å²) >= 11 is 0. The first kappa shape index (κ1) is 28.7. The predicted octanol–water partition coefficient (Wildman–Crippen LogP) is 9.11. The smallest absolute Gasteiger partial charge is 0.221 e. The van der Waals surface area contributed by atoms with Crippen molar-refractivity contribution in [1.29, 1.82) is 0 Å². The first-order valence-electron chi connectivity index (χ1n) is 17.4. The van der Waals surface area contributed by atoms with Gasteiger partial charge in [-0.15, -0.1) is 0 Å². The number of aliphatic imine (C=N–C) groups is 2. The van der Waals surface area contributed by atoms with Crippen LogP contribution in [-0.2, 0) is 5.41 Å². The van der Waals surface area contributed by atoms with E-state index in [0.717, 1.165) is 22.8 Å². The molecule has 0 bridgehead atoms. The number of fused-ring (bicyclic) bond motifs is 6. The Morgan fingerprint density at radius 1 is 0.540 bits per heavy atom. The number of rotatable bonds is 5. The molecule has 6 aromatic carbocycles. The molecule has 0 aromatic heterocycles. The molecule has 1 N–H and O–H groups in total. The van der Waals surface area contributed by atoms with Crippen LogP contribution in [-0.4, -0.2) is 24.0 Å². The van der Waals surface area contributed by atoms with Crippen molar-refractivity contribution in [2.24, 2.45) is 9.98 Å². The van der Waals surface area contributed by atoms with E-state index < -0.39 is 11.7 Å². The third-order valence-corrected chi connectivity index (χ3v) is 10.8. The summed E-state index contributed by atoms with van der Waals surface area (Å²) in [5, 5.41) is 3.61. The van der Waals surface area contributed by atoms with Crippen LogP contribution in [0.4, 0.5) is 5.69 Å². The van der Waals surface area contributed by atoms with Crippen LogP contribution in [0.5, 0.6) is 0 Å². The summed E-state index contributed by atoms with van der Waals surface area (Å²) in [6.45, 7) is 0. The second kappa shape index (κ2) is 11.4. The minimum atomic E-state index is -0.521. The average molecular weight is 643 g/mol. The highest BCUT2D eigenvalue weighted by Gasteiger charge is 2.56. The molecule has 10 rings (SSSR count). The minimum Gasteiger partial charge on any atom is -0.324 e. The Hall–Kier alpha value is -6.26. The highest BCUT2D eigenvalue weighted by atomic mass is 15.4. The van der Waals surface area contributed by atoms with E-state index in [0.29, 0.717) is 0 Å². The number of allylic oxidation sites excluding steroid dienone is 2. The van der Waals surface area contributed by atoms with Crippen molar-refractivity contribution in [2.45, 2.75) is 23.7 Å². The van der Waals surface area contributed by atoms with Crippen molar-refractivity contribution in [3.63, 3.8) is 0 Å². The molecule has 50 heavy (non-hydrogen) atoms. The van der Waals surface area contributed by atoms with Crippen LogP contribution in [0.1, 0.15) is 44.9 Å². The maximum absolute atomic E-state index is 5.45. The molecule has 0 radical (unpaired) electrons. The normalized spacial score (nSPS) is 19.9. The van der Waals surface area contributed by atoms with Crippen LogP contribution in [0.3, 0.4) is 0 Å². The van der Waals surface area contributed by atoms with Crippen LogP contribution in [0, 0.1) is 0 Å². The van der Waals surface area contributed by atoms with Gasteiger partial charge in [0.2, 0.25) is 6.29 Å². The van der Waals surface area contributed by atoms with Crippen LogP contribution < -0.4 is 10.2 Å². The van der Waals surface area contributed by atoms with E-state index in [1.165, 1.54) is 44.7 Å². The van der Waals surface area contributed by atoms with E-state index in [-0.39, 0.29) is 12.0 Å². The average Bonchev–Trinajstić information content (AvgIpc) is 3.70. The Bertz CT molecular complexity index is 2260. The quantitative estimate of drug-likeness (QED) is 0.204. The molecule has 4 heteroatoms.